The zero-order valence-electron chi connectivity index (χ0n) is 12.2. The monoisotopic (exact) mass is 248 g/mol. The average Bonchev–Trinajstić information content (AvgIpc) is 2.85. The highest BCUT2D eigenvalue weighted by Gasteiger charge is 2.46. The molecule has 1 nitrogen and oxygen atoms in total. The number of carbonyl (C=O) groups is 1. The summed E-state index contributed by atoms with van der Waals surface area (Å²) < 4.78 is 0. The van der Waals surface area contributed by atoms with Crippen LogP contribution in [0.15, 0.2) is 11.1 Å². The van der Waals surface area contributed by atoms with Gasteiger partial charge >= 0.3 is 0 Å². The van der Waals surface area contributed by atoms with E-state index in [-0.39, 0.29) is 0 Å². The molecule has 18 heavy (non-hydrogen) atoms. The number of fused-ring (bicyclic) bond motifs is 1. The molecule has 1 fully saturated rings. The minimum Gasteiger partial charge on any atom is -0.295 e. The van der Waals surface area contributed by atoms with Crippen LogP contribution in [0, 0.1) is 5.41 Å². The molecular formula is C17H28O. The predicted molar refractivity (Wildman–Crippen MR) is 76.6 cm³/mol. The molecule has 1 saturated carbocycles. The molecule has 0 aliphatic heterocycles. The van der Waals surface area contributed by atoms with E-state index in [9.17, 15) is 4.79 Å². The molecule has 2 aliphatic carbocycles. The highest BCUT2D eigenvalue weighted by atomic mass is 16.1. The SMILES string of the molecule is CCCCCC1=C2CCCC2(CCCC)CC1=O. The lowest BCUT2D eigenvalue weighted by molar-refractivity contribution is -0.116. The molecule has 0 aromatic rings. The van der Waals surface area contributed by atoms with Gasteiger partial charge in [0, 0.05) is 6.42 Å². The maximum Gasteiger partial charge on any atom is 0.159 e. The maximum absolute atomic E-state index is 12.3. The third kappa shape index (κ3) is 2.55. The van der Waals surface area contributed by atoms with Crippen LogP contribution < -0.4 is 0 Å². The molecule has 0 spiro atoms. The summed E-state index contributed by atoms with van der Waals surface area (Å²) in [6.45, 7) is 4.49. The first-order chi connectivity index (χ1) is 8.73. The zero-order valence-corrected chi connectivity index (χ0v) is 12.2. The van der Waals surface area contributed by atoms with Crippen LogP contribution in [-0.4, -0.2) is 5.78 Å². The number of unbranched alkanes of at least 4 members (excludes halogenated alkanes) is 3. The van der Waals surface area contributed by atoms with E-state index in [1.807, 2.05) is 0 Å². The molecule has 0 heterocycles. The molecule has 0 bridgehead atoms. The summed E-state index contributed by atoms with van der Waals surface area (Å²) in [5.41, 5.74) is 3.18. The number of hydrogen-bond donors (Lipinski definition) is 0. The minimum absolute atomic E-state index is 0.328. The van der Waals surface area contributed by atoms with Gasteiger partial charge in [0.15, 0.2) is 5.78 Å². The Labute approximate surface area is 112 Å². The summed E-state index contributed by atoms with van der Waals surface area (Å²) in [6, 6.07) is 0. The van der Waals surface area contributed by atoms with Crippen molar-refractivity contribution >= 4 is 5.78 Å². The Morgan fingerprint density at radius 1 is 1.11 bits per heavy atom. The second-order valence-electron chi connectivity index (χ2n) is 6.25. The van der Waals surface area contributed by atoms with Crippen LogP contribution in [-0.2, 0) is 4.79 Å². The van der Waals surface area contributed by atoms with Crippen molar-refractivity contribution in [1.82, 2.24) is 0 Å². The van der Waals surface area contributed by atoms with Crippen molar-refractivity contribution in [3.63, 3.8) is 0 Å². The van der Waals surface area contributed by atoms with E-state index in [4.69, 9.17) is 0 Å². The van der Waals surface area contributed by atoms with Crippen LogP contribution >= 0.6 is 0 Å². The van der Waals surface area contributed by atoms with Gasteiger partial charge in [-0.3, -0.25) is 4.79 Å². The highest BCUT2D eigenvalue weighted by molar-refractivity contribution is 6.00. The van der Waals surface area contributed by atoms with Crippen LogP contribution in [0.25, 0.3) is 0 Å². The topological polar surface area (TPSA) is 17.1 Å². The molecule has 0 saturated heterocycles. The van der Waals surface area contributed by atoms with E-state index in [0.29, 0.717) is 11.2 Å². The van der Waals surface area contributed by atoms with Crippen molar-refractivity contribution in [3.05, 3.63) is 11.1 Å². The molecule has 0 radical (unpaired) electrons. The van der Waals surface area contributed by atoms with Crippen LogP contribution in [0.1, 0.15) is 84.5 Å². The van der Waals surface area contributed by atoms with Crippen LogP contribution in [0.4, 0.5) is 0 Å². The Morgan fingerprint density at radius 2 is 1.89 bits per heavy atom. The van der Waals surface area contributed by atoms with E-state index in [0.717, 1.165) is 12.8 Å². The van der Waals surface area contributed by atoms with Crippen molar-refractivity contribution in [1.29, 1.82) is 0 Å². The highest BCUT2D eigenvalue weighted by Crippen LogP contribution is 2.55. The molecular weight excluding hydrogens is 220 g/mol. The molecule has 0 amide bonds. The molecule has 102 valence electrons. The van der Waals surface area contributed by atoms with Crippen molar-refractivity contribution in [2.45, 2.75) is 84.5 Å². The van der Waals surface area contributed by atoms with Crippen LogP contribution in [0.3, 0.4) is 0 Å². The fourth-order valence-corrected chi connectivity index (χ4v) is 3.99. The number of rotatable bonds is 7. The smallest absolute Gasteiger partial charge is 0.159 e. The standard InChI is InChI=1S/C17H28O/c1-3-5-7-9-14-15-10-8-12-17(15,11-6-4-2)13-16(14)18/h3-13H2,1-2H3. The van der Waals surface area contributed by atoms with Gasteiger partial charge < -0.3 is 0 Å². The molecule has 1 heteroatoms. The fraction of sp³-hybridized carbons (Fsp3) is 0.824. The Bertz CT molecular complexity index is 340. The van der Waals surface area contributed by atoms with Gasteiger partial charge in [-0.05, 0) is 49.5 Å². The van der Waals surface area contributed by atoms with Gasteiger partial charge in [0.2, 0.25) is 0 Å². The first kappa shape index (κ1) is 13.8. The van der Waals surface area contributed by atoms with E-state index in [1.54, 1.807) is 5.57 Å². The Morgan fingerprint density at radius 3 is 2.61 bits per heavy atom. The normalized spacial score (nSPS) is 27.1. The van der Waals surface area contributed by atoms with Crippen molar-refractivity contribution in [3.8, 4) is 0 Å². The molecule has 1 atom stereocenters. The third-order valence-corrected chi connectivity index (χ3v) is 4.96. The van der Waals surface area contributed by atoms with Crippen molar-refractivity contribution < 1.29 is 4.79 Å². The van der Waals surface area contributed by atoms with Gasteiger partial charge in [-0.15, -0.1) is 0 Å². The number of carbonyl (C=O) groups excluding carboxylic acids is 1. The van der Waals surface area contributed by atoms with Gasteiger partial charge in [-0.2, -0.15) is 0 Å². The lowest BCUT2D eigenvalue weighted by atomic mass is 9.78. The molecule has 2 aliphatic rings. The number of hydrogen-bond acceptors (Lipinski definition) is 1. The minimum atomic E-state index is 0.328. The van der Waals surface area contributed by atoms with Gasteiger partial charge in [-0.1, -0.05) is 45.1 Å². The molecule has 0 N–H and O–H groups in total. The summed E-state index contributed by atoms with van der Waals surface area (Å²) in [6.07, 6.45) is 13.3. The number of allylic oxidation sites excluding steroid dienone is 2. The van der Waals surface area contributed by atoms with E-state index in [1.165, 1.54) is 63.4 Å². The average molecular weight is 248 g/mol. The van der Waals surface area contributed by atoms with E-state index < -0.39 is 0 Å². The Kier molecular flexibility index (Phi) is 4.64. The fourth-order valence-electron chi connectivity index (χ4n) is 3.99. The lowest BCUT2D eigenvalue weighted by Crippen LogP contribution is -2.16. The second-order valence-corrected chi connectivity index (χ2v) is 6.25. The van der Waals surface area contributed by atoms with Crippen molar-refractivity contribution in [2.75, 3.05) is 0 Å². The van der Waals surface area contributed by atoms with Gasteiger partial charge in [0.05, 0.1) is 0 Å². The summed E-state index contributed by atoms with van der Waals surface area (Å²) in [4.78, 5) is 12.3. The zero-order chi connectivity index (χ0) is 13.0. The quantitative estimate of drug-likeness (QED) is 0.566. The summed E-state index contributed by atoms with van der Waals surface area (Å²) in [7, 11) is 0. The number of ketones is 1. The molecule has 0 aromatic heterocycles. The summed E-state index contributed by atoms with van der Waals surface area (Å²) in [5, 5.41) is 0. The first-order valence-corrected chi connectivity index (χ1v) is 7.99. The van der Waals surface area contributed by atoms with Crippen LogP contribution in [0.2, 0.25) is 0 Å². The Hall–Kier alpha value is -0.590. The van der Waals surface area contributed by atoms with Crippen LogP contribution in [0.5, 0.6) is 0 Å². The van der Waals surface area contributed by atoms with Gasteiger partial charge in [-0.25, -0.2) is 0 Å². The van der Waals surface area contributed by atoms with Gasteiger partial charge in [0.1, 0.15) is 0 Å². The molecule has 1 unspecified atom stereocenters. The summed E-state index contributed by atoms with van der Waals surface area (Å²) >= 11 is 0. The van der Waals surface area contributed by atoms with E-state index >= 15 is 0 Å². The summed E-state index contributed by atoms with van der Waals surface area (Å²) in [5.74, 6) is 0.497. The number of Topliss-reactive ketones (excluding diaryl/α,β-unsaturated/α-hetero) is 1. The van der Waals surface area contributed by atoms with Crippen molar-refractivity contribution in [2.24, 2.45) is 5.41 Å². The predicted octanol–water partition coefficient (Wildman–Crippen LogP) is 5.20. The largest absolute Gasteiger partial charge is 0.295 e. The van der Waals surface area contributed by atoms with E-state index in [2.05, 4.69) is 13.8 Å². The Balaban J connectivity index is 2.10. The lowest BCUT2D eigenvalue weighted by Gasteiger charge is -2.25. The maximum atomic E-state index is 12.3. The third-order valence-electron chi connectivity index (χ3n) is 4.96. The molecule has 2 rings (SSSR count). The first-order valence-electron chi connectivity index (χ1n) is 7.99. The molecule has 0 aromatic carbocycles. The second kappa shape index (κ2) is 6.04. The van der Waals surface area contributed by atoms with Gasteiger partial charge in [0.25, 0.3) is 0 Å².